The lowest BCUT2D eigenvalue weighted by Crippen LogP contribution is -2.42. The summed E-state index contributed by atoms with van der Waals surface area (Å²) in [6.07, 6.45) is -0.503. The second kappa shape index (κ2) is 7.79. The Bertz CT molecular complexity index is 565. The van der Waals surface area contributed by atoms with Crippen molar-refractivity contribution in [1.29, 1.82) is 0 Å². The number of hydrogen-bond donors (Lipinski definition) is 1. The number of nitrogens with zero attached hydrogens (tertiary/aromatic N) is 1. The monoisotopic (exact) mass is 310 g/mol. The molecule has 2 rings (SSSR count). The molecule has 0 aliphatic carbocycles. The second-order valence-electron chi connectivity index (χ2n) is 6.10. The lowest BCUT2D eigenvalue weighted by Gasteiger charge is -2.25. The Morgan fingerprint density at radius 2 is 1.35 bits per heavy atom. The van der Waals surface area contributed by atoms with E-state index in [2.05, 4.69) is 5.43 Å². The number of carbonyl (C=O) groups is 1. The minimum atomic E-state index is -0.546. The highest BCUT2D eigenvalue weighted by molar-refractivity contribution is 5.67. The van der Waals surface area contributed by atoms with Crippen molar-refractivity contribution < 1.29 is 9.53 Å². The van der Waals surface area contributed by atoms with Gasteiger partial charge in [-0.15, -0.1) is 0 Å². The van der Waals surface area contributed by atoms with Crippen LogP contribution in [0.25, 0.3) is 0 Å². The summed E-state index contributed by atoms with van der Waals surface area (Å²) in [6.45, 7) is 9.16. The van der Waals surface area contributed by atoms with Crippen LogP contribution < -0.4 is 5.43 Å². The average molecular weight is 310 g/mol. The Labute approximate surface area is 138 Å². The maximum Gasteiger partial charge on any atom is 0.422 e. The normalized spacial score (nSPS) is 11.3. The zero-order valence-electron chi connectivity index (χ0n) is 13.7. The van der Waals surface area contributed by atoms with Crippen LogP contribution in [0.2, 0.25) is 0 Å². The van der Waals surface area contributed by atoms with Crippen LogP contribution in [-0.2, 0) is 4.74 Å². The summed E-state index contributed by atoms with van der Waals surface area (Å²) < 4.78 is 5.31. The van der Waals surface area contributed by atoms with Crippen molar-refractivity contribution in [2.24, 2.45) is 0 Å². The summed E-state index contributed by atoms with van der Waals surface area (Å²) >= 11 is 0. The molecule has 0 atom stereocenters. The van der Waals surface area contributed by atoms with Crippen molar-refractivity contribution in [2.75, 3.05) is 0 Å². The number of benzene rings is 2. The fourth-order valence-electron chi connectivity index (χ4n) is 1.91. The highest BCUT2D eigenvalue weighted by Gasteiger charge is 2.19. The molecule has 0 heterocycles. The van der Waals surface area contributed by atoms with E-state index in [1.54, 1.807) is 5.01 Å². The van der Waals surface area contributed by atoms with Crippen LogP contribution in [0.15, 0.2) is 60.7 Å². The van der Waals surface area contributed by atoms with Gasteiger partial charge in [-0.25, -0.2) is 4.79 Å². The van der Waals surface area contributed by atoms with Crippen LogP contribution in [0.4, 0.5) is 4.79 Å². The molecule has 1 N–H and O–H groups in total. The molecule has 0 bridgehead atoms. The highest BCUT2D eigenvalue weighted by atomic mass is 16.6. The van der Waals surface area contributed by atoms with Crippen LogP contribution >= 0.6 is 0 Å². The van der Waals surface area contributed by atoms with E-state index in [0.29, 0.717) is 0 Å². The molecular weight excluding hydrogens is 288 g/mol. The van der Waals surface area contributed by atoms with Crippen molar-refractivity contribution >= 4 is 6.09 Å². The molecular formula is C19H22N2O2. The predicted octanol–water partition coefficient (Wildman–Crippen LogP) is 4.15. The number of nitrogens with one attached hydrogen (secondary N) is 1. The van der Waals surface area contributed by atoms with Gasteiger partial charge in [-0.2, -0.15) is 5.01 Å². The van der Waals surface area contributed by atoms with Crippen LogP contribution in [0.5, 0.6) is 0 Å². The molecule has 23 heavy (non-hydrogen) atoms. The third kappa shape index (κ3) is 6.53. The van der Waals surface area contributed by atoms with E-state index in [1.165, 1.54) is 0 Å². The summed E-state index contributed by atoms with van der Waals surface area (Å²) in [5, 5.41) is 1.61. The van der Waals surface area contributed by atoms with Crippen molar-refractivity contribution in [3.8, 4) is 0 Å². The van der Waals surface area contributed by atoms with Crippen LogP contribution in [0.3, 0.4) is 0 Å². The van der Waals surface area contributed by atoms with E-state index in [-0.39, 0.29) is 0 Å². The average Bonchev–Trinajstić information content (AvgIpc) is 2.47. The van der Waals surface area contributed by atoms with Gasteiger partial charge >= 0.3 is 6.09 Å². The van der Waals surface area contributed by atoms with Gasteiger partial charge in [0.2, 0.25) is 0 Å². The van der Waals surface area contributed by atoms with E-state index in [1.807, 2.05) is 94.5 Å². The maximum absolute atomic E-state index is 12.0. The van der Waals surface area contributed by atoms with Crippen molar-refractivity contribution in [3.63, 3.8) is 0 Å². The first kappa shape index (κ1) is 17.0. The number of carbonyl (C=O) groups excluding carboxylic acids is 1. The Morgan fingerprint density at radius 1 is 0.913 bits per heavy atom. The van der Waals surface area contributed by atoms with Crippen molar-refractivity contribution in [2.45, 2.75) is 26.4 Å². The molecule has 0 spiro atoms. The number of hydrogen-bond acceptors (Lipinski definition) is 3. The van der Waals surface area contributed by atoms with Gasteiger partial charge in [-0.05, 0) is 31.9 Å². The Balaban J connectivity index is 2.06. The number of rotatable bonds is 5. The van der Waals surface area contributed by atoms with Crippen LogP contribution in [0, 0.1) is 13.1 Å². The smallest absolute Gasteiger partial charge is 0.422 e. The van der Waals surface area contributed by atoms with E-state index in [9.17, 15) is 4.79 Å². The van der Waals surface area contributed by atoms with Crippen LogP contribution in [0.1, 0.15) is 31.9 Å². The van der Waals surface area contributed by atoms with Gasteiger partial charge in [0.15, 0.2) is 0 Å². The fraction of sp³-hybridized carbons (Fsp3) is 0.211. The van der Waals surface area contributed by atoms with Crippen molar-refractivity contribution in [1.82, 2.24) is 10.4 Å². The molecule has 0 aliphatic heterocycles. The highest BCUT2D eigenvalue weighted by Crippen LogP contribution is 2.13. The van der Waals surface area contributed by atoms with E-state index >= 15 is 0 Å². The molecule has 0 unspecified atom stereocenters. The first-order valence-electron chi connectivity index (χ1n) is 7.50. The molecule has 120 valence electrons. The SMILES string of the molecule is CC(C)(C)OC(=O)NN([CH]c1ccccc1)[CH]c1ccccc1. The zero-order chi connectivity index (χ0) is 16.7. The molecule has 4 heteroatoms. The molecule has 2 aromatic rings. The first-order chi connectivity index (χ1) is 10.9. The van der Waals surface area contributed by atoms with Gasteiger partial charge in [0.1, 0.15) is 5.60 Å². The third-order valence-electron chi connectivity index (χ3n) is 2.79. The lowest BCUT2D eigenvalue weighted by molar-refractivity contribution is 0.0411. The zero-order valence-corrected chi connectivity index (χ0v) is 13.7. The molecule has 0 aromatic heterocycles. The molecule has 0 saturated heterocycles. The second-order valence-corrected chi connectivity index (χ2v) is 6.10. The summed E-state index contributed by atoms with van der Waals surface area (Å²) in [5.41, 5.74) is 4.12. The molecule has 4 nitrogen and oxygen atoms in total. The topological polar surface area (TPSA) is 41.6 Å². The van der Waals surface area contributed by atoms with Gasteiger partial charge < -0.3 is 4.74 Å². The van der Waals surface area contributed by atoms with Gasteiger partial charge in [0.25, 0.3) is 0 Å². The lowest BCUT2D eigenvalue weighted by atomic mass is 10.2. The largest absolute Gasteiger partial charge is 0.443 e. The van der Waals surface area contributed by atoms with Crippen LogP contribution in [-0.4, -0.2) is 16.7 Å². The minimum absolute atomic E-state index is 0.503. The minimum Gasteiger partial charge on any atom is -0.443 e. The summed E-state index contributed by atoms with van der Waals surface area (Å²) in [6, 6.07) is 19.5. The van der Waals surface area contributed by atoms with Crippen molar-refractivity contribution in [3.05, 3.63) is 84.9 Å². The standard InChI is InChI=1S/C19H22N2O2/c1-19(2,3)23-18(22)20-21(14-16-10-6-4-7-11-16)15-17-12-8-5-9-13-17/h4-15H,1-3H3,(H,20,22). The van der Waals surface area contributed by atoms with Gasteiger partial charge in [0.05, 0.1) is 13.1 Å². The third-order valence-corrected chi connectivity index (χ3v) is 2.79. The van der Waals surface area contributed by atoms with Gasteiger partial charge in [-0.3, -0.25) is 5.43 Å². The van der Waals surface area contributed by atoms with Gasteiger partial charge in [0, 0.05) is 0 Å². The molecule has 0 aliphatic rings. The number of hydrazine groups is 1. The molecule has 1 amide bonds. The predicted molar refractivity (Wildman–Crippen MR) is 90.9 cm³/mol. The summed E-state index contributed by atoms with van der Waals surface area (Å²) in [7, 11) is 0. The Kier molecular flexibility index (Phi) is 5.77. The molecule has 0 saturated carbocycles. The van der Waals surface area contributed by atoms with E-state index in [0.717, 1.165) is 11.1 Å². The van der Waals surface area contributed by atoms with E-state index in [4.69, 9.17) is 4.74 Å². The Morgan fingerprint density at radius 3 is 1.74 bits per heavy atom. The number of ether oxygens (including phenoxy) is 1. The molecule has 0 fully saturated rings. The van der Waals surface area contributed by atoms with Gasteiger partial charge in [-0.1, -0.05) is 60.7 Å². The Hall–Kier alpha value is -2.33. The summed E-state index contributed by atoms with van der Waals surface area (Å²) in [5.74, 6) is 0. The molecule has 2 aromatic carbocycles. The molecule has 2 radical (unpaired) electrons. The first-order valence-corrected chi connectivity index (χ1v) is 7.50. The fourth-order valence-corrected chi connectivity index (χ4v) is 1.91. The number of amides is 1. The summed E-state index contributed by atoms with van der Waals surface area (Å²) in [4.78, 5) is 12.0. The maximum atomic E-state index is 12.0. The quantitative estimate of drug-likeness (QED) is 0.844. The van der Waals surface area contributed by atoms with E-state index < -0.39 is 11.7 Å².